The van der Waals surface area contributed by atoms with E-state index >= 15 is 0 Å². The average Bonchev–Trinajstić information content (AvgIpc) is 3.30. The number of aromatic nitrogens is 3. The zero-order valence-electron chi connectivity index (χ0n) is 23.5. The van der Waals surface area contributed by atoms with Crippen LogP contribution in [-0.2, 0) is 23.8 Å². The number of halogens is 1. The highest BCUT2D eigenvalue weighted by Crippen LogP contribution is 2.49. The number of nitrogens with zero attached hydrogens (tertiary/aromatic N) is 3. The first-order valence-corrected chi connectivity index (χ1v) is 16.6. The molecule has 7 nitrogen and oxygen atoms in total. The van der Waals surface area contributed by atoms with Crippen LogP contribution in [0.15, 0.2) is 64.9 Å². The highest BCUT2D eigenvalue weighted by Gasteiger charge is 2.40. The summed E-state index contributed by atoms with van der Waals surface area (Å²) in [5, 5.41) is 32.1. The number of hydrogen-bond donors (Lipinski definition) is 3. The van der Waals surface area contributed by atoms with Crippen molar-refractivity contribution in [1.82, 2.24) is 14.8 Å². The molecule has 1 aliphatic carbocycles. The molecule has 220 valence electrons. The second kappa shape index (κ2) is 11.9. The Hall–Kier alpha value is -3.50. The molecule has 11 heteroatoms. The third kappa shape index (κ3) is 6.55. The van der Waals surface area contributed by atoms with Gasteiger partial charge in [0.05, 0.1) is 21.2 Å². The van der Waals surface area contributed by atoms with E-state index < -0.39 is 23.1 Å². The average molecular weight is 633 g/mol. The van der Waals surface area contributed by atoms with Gasteiger partial charge < -0.3 is 10.2 Å². The van der Waals surface area contributed by atoms with Crippen LogP contribution in [0.2, 0.25) is 0 Å². The zero-order chi connectivity index (χ0) is 30.3. The van der Waals surface area contributed by atoms with E-state index in [1.807, 2.05) is 36.4 Å². The molecule has 0 amide bonds. The standard InChI is InChI=1S/C32H29FN4O3S3/c1-19-6-9-23(42-19)10-7-20-4-3-5-22(14-20)29-24(15-21-8-11-28(43(34)40)25(33)16-21)27(17-32(2)12-13-32)37(36-29)31-35-26(18-41-31)30(38)39/h3-6,8-9,11,14,16,18,30,38-39H,12-13,15,17,34H2,1-2H3. The van der Waals surface area contributed by atoms with Crippen molar-refractivity contribution in [1.29, 1.82) is 0 Å². The lowest BCUT2D eigenvalue weighted by molar-refractivity contribution is -0.0454. The van der Waals surface area contributed by atoms with Gasteiger partial charge in [-0.15, -0.1) is 22.7 Å². The van der Waals surface area contributed by atoms with E-state index in [2.05, 4.69) is 30.7 Å². The summed E-state index contributed by atoms with van der Waals surface area (Å²) in [5.41, 5.74) is 5.17. The number of nitrogens with two attached hydrogens (primary N) is 1. The topological polar surface area (TPSA) is 114 Å². The minimum absolute atomic E-state index is 0.0459. The summed E-state index contributed by atoms with van der Waals surface area (Å²) in [5.74, 6) is 5.89. The quantitative estimate of drug-likeness (QED) is 0.148. The van der Waals surface area contributed by atoms with E-state index in [0.717, 1.165) is 46.5 Å². The van der Waals surface area contributed by atoms with Crippen LogP contribution in [-0.4, -0.2) is 29.2 Å². The minimum Gasteiger partial charge on any atom is -0.363 e. The van der Waals surface area contributed by atoms with E-state index in [9.17, 15) is 18.8 Å². The molecule has 0 bridgehead atoms. The Morgan fingerprint density at radius 3 is 2.63 bits per heavy atom. The van der Waals surface area contributed by atoms with Gasteiger partial charge in [0.15, 0.2) is 6.29 Å². The Balaban J connectivity index is 1.50. The van der Waals surface area contributed by atoms with Crippen molar-refractivity contribution >= 4 is 33.7 Å². The fourth-order valence-electron chi connectivity index (χ4n) is 4.93. The molecule has 3 heterocycles. The lowest BCUT2D eigenvalue weighted by Gasteiger charge is -2.13. The molecule has 1 saturated carbocycles. The van der Waals surface area contributed by atoms with Crippen molar-refractivity contribution in [2.75, 3.05) is 0 Å². The van der Waals surface area contributed by atoms with Crippen LogP contribution in [0.4, 0.5) is 4.39 Å². The van der Waals surface area contributed by atoms with Gasteiger partial charge in [0.25, 0.3) is 0 Å². The number of aryl methyl sites for hydroxylation is 1. The summed E-state index contributed by atoms with van der Waals surface area (Å²) in [6.45, 7) is 4.28. The molecule has 5 aromatic rings. The first-order valence-electron chi connectivity index (χ1n) is 13.6. The second-order valence-electron chi connectivity index (χ2n) is 11.1. The smallest absolute Gasteiger partial charge is 0.210 e. The van der Waals surface area contributed by atoms with Gasteiger partial charge in [0.2, 0.25) is 5.13 Å². The number of hydrogen-bond acceptors (Lipinski definition) is 7. The Kier molecular flexibility index (Phi) is 8.17. The second-order valence-corrected chi connectivity index (χ2v) is 14.2. The fourth-order valence-corrected chi connectivity index (χ4v) is 6.91. The van der Waals surface area contributed by atoms with E-state index in [1.54, 1.807) is 27.5 Å². The SMILES string of the molecule is Cc1ccc(C#Cc2cccc(-c3nn(-c4nc(C(O)O)cs4)c(CC4(C)CC4)c3Cc3ccc(S(N)=O)c(F)c3)c2)s1. The van der Waals surface area contributed by atoms with Gasteiger partial charge in [0, 0.05) is 33.4 Å². The van der Waals surface area contributed by atoms with Gasteiger partial charge in [-0.3, -0.25) is 0 Å². The van der Waals surface area contributed by atoms with Crippen LogP contribution in [0.3, 0.4) is 0 Å². The van der Waals surface area contributed by atoms with Gasteiger partial charge in [-0.1, -0.05) is 37.0 Å². The summed E-state index contributed by atoms with van der Waals surface area (Å²) in [6, 6.07) is 16.5. The molecule has 6 rings (SSSR count). The lowest BCUT2D eigenvalue weighted by Crippen LogP contribution is -2.10. The molecule has 43 heavy (non-hydrogen) atoms. The molecule has 4 N–H and O–H groups in total. The minimum atomic E-state index is -1.93. The fraction of sp³-hybridized carbons (Fsp3) is 0.250. The predicted molar refractivity (Wildman–Crippen MR) is 168 cm³/mol. The Labute approximate surface area is 259 Å². The molecule has 3 aromatic heterocycles. The molecule has 0 aliphatic heterocycles. The van der Waals surface area contributed by atoms with Crippen LogP contribution in [0.5, 0.6) is 0 Å². The largest absolute Gasteiger partial charge is 0.363 e. The zero-order valence-corrected chi connectivity index (χ0v) is 26.0. The molecule has 0 saturated heterocycles. The van der Waals surface area contributed by atoms with Gasteiger partial charge in [-0.25, -0.2) is 23.4 Å². The van der Waals surface area contributed by atoms with E-state index in [0.29, 0.717) is 22.8 Å². The first kappa shape index (κ1) is 29.6. The van der Waals surface area contributed by atoms with Crippen molar-refractivity contribution in [2.24, 2.45) is 10.6 Å². The van der Waals surface area contributed by atoms with Gasteiger partial charge in [0.1, 0.15) is 22.5 Å². The van der Waals surface area contributed by atoms with E-state index in [1.165, 1.54) is 28.3 Å². The van der Waals surface area contributed by atoms with Crippen molar-refractivity contribution in [2.45, 2.75) is 50.7 Å². The van der Waals surface area contributed by atoms with Crippen molar-refractivity contribution in [3.05, 3.63) is 104 Å². The molecule has 1 fully saturated rings. The number of aliphatic hydroxyl groups excluding tert-OH is 1. The summed E-state index contributed by atoms with van der Waals surface area (Å²) >= 11 is 2.92. The molecule has 1 atom stereocenters. The monoisotopic (exact) mass is 632 g/mol. The van der Waals surface area contributed by atoms with Crippen LogP contribution in [0, 0.1) is 30.0 Å². The highest BCUT2D eigenvalue weighted by molar-refractivity contribution is 7.82. The Morgan fingerprint density at radius 1 is 1.16 bits per heavy atom. The van der Waals surface area contributed by atoms with E-state index in [-0.39, 0.29) is 16.0 Å². The summed E-state index contributed by atoms with van der Waals surface area (Å²) in [7, 11) is -1.93. The van der Waals surface area contributed by atoms with Crippen LogP contribution in [0.25, 0.3) is 16.4 Å². The predicted octanol–water partition coefficient (Wildman–Crippen LogP) is 5.80. The normalized spacial score (nSPS) is 14.5. The van der Waals surface area contributed by atoms with Crippen molar-refractivity contribution in [3.63, 3.8) is 0 Å². The summed E-state index contributed by atoms with van der Waals surface area (Å²) in [6.07, 6.45) is 1.53. The summed E-state index contributed by atoms with van der Waals surface area (Å²) < 4.78 is 28.4. The molecule has 1 unspecified atom stereocenters. The molecule has 1 aliphatic rings. The molecule has 2 aromatic carbocycles. The number of benzene rings is 2. The van der Waals surface area contributed by atoms with E-state index in [4.69, 9.17) is 10.2 Å². The van der Waals surface area contributed by atoms with Crippen LogP contribution >= 0.6 is 22.7 Å². The lowest BCUT2D eigenvalue weighted by atomic mass is 9.93. The highest BCUT2D eigenvalue weighted by atomic mass is 32.2. The first-order chi connectivity index (χ1) is 20.6. The maximum Gasteiger partial charge on any atom is 0.210 e. The summed E-state index contributed by atoms with van der Waals surface area (Å²) in [4.78, 5) is 6.61. The number of thiazole rings is 1. The molecule has 0 spiro atoms. The van der Waals surface area contributed by atoms with Gasteiger partial charge >= 0.3 is 0 Å². The number of thiophene rings is 1. The maximum absolute atomic E-state index is 14.9. The van der Waals surface area contributed by atoms with Crippen LogP contribution in [0.1, 0.15) is 63.9 Å². The van der Waals surface area contributed by atoms with Gasteiger partial charge in [-0.2, -0.15) is 5.10 Å². The Morgan fingerprint density at radius 2 is 1.98 bits per heavy atom. The molecular weight excluding hydrogens is 604 g/mol. The molecule has 0 radical (unpaired) electrons. The third-order valence-electron chi connectivity index (χ3n) is 7.54. The van der Waals surface area contributed by atoms with Crippen molar-refractivity contribution < 1.29 is 18.8 Å². The number of rotatable bonds is 8. The van der Waals surface area contributed by atoms with Crippen molar-refractivity contribution in [3.8, 4) is 28.2 Å². The number of aliphatic hydroxyl groups is 2. The maximum atomic E-state index is 14.9. The third-order valence-corrected chi connectivity index (χ3v) is 10.1. The Bertz CT molecular complexity index is 1910. The molecular formula is C32H29FN4O3S3. The van der Waals surface area contributed by atoms with Gasteiger partial charge in [-0.05, 0) is 73.6 Å². The van der Waals surface area contributed by atoms with Crippen LogP contribution < -0.4 is 5.14 Å².